The molecule has 0 spiro atoms. The van der Waals surface area contributed by atoms with E-state index in [9.17, 15) is 22.8 Å². The van der Waals surface area contributed by atoms with Crippen molar-refractivity contribution in [2.24, 2.45) is 17.3 Å². The fraction of sp³-hybridized carbons (Fsp3) is 0.515. The van der Waals surface area contributed by atoms with Gasteiger partial charge in [-0.2, -0.15) is 0 Å². The molecule has 2 aromatic heterocycles. The smallest absolute Gasteiger partial charge is 0.243 e. The molecule has 2 saturated carbocycles. The van der Waals surface area contributed by atoms with Crippen LogP contribution < -0.4 is 10.1 Å². The average molecular weight is 622 g/mol. The number of Topliss-reactive ketones (excluding diaryl/α,β-unsaturated/α-hetero) is 1. The van der Waals surface area contributed by atoms with E-state index in [-0.39, 0.29) is 36.6 Å². The largest absolute Gasteiger partial charge is 0.472 e. The number of nitrogens with zero attached hydrogens (tertiary/aromatic N) is 2. The molecular weight excluding hydrogens is 582 g/mol. The van der Waals surface area contributed by atoms with Gasteiger partial charge in [0.2, 0.25) is 17.7 Å². The quantitative estimate of drug-likeness (QED) is 0.333. The van der Waals surface area contributed by atoms with Gasteiger partial charge in [0.25, 0.3) is 0 Å². The zero-order valence-electron chi connectivity index (χ0n) is 25.5. The van der Waals surface area contributed by atoms with Crippen LogP contribution in [0, 0.1) is 17.3 Å². The van der Waals surface area contributed by atoms with Crippen LogP contribution in [0.1, 0.15) is 53.4 Å². The van der Waals surface area contributed by atoms with Crippen LogP contribution in [-0.4, -0.2) is 71.1 Å². The highest BCUT2D eigenvalue weighted by molar-refractivity contribution is 7.93. The van der Waals surface area contributed by atoms with E-state index in [1.54, 1.807) is 18.5 Å². The summed E-state index contributed by atoms with van der Waals surface area (Å²) in [5.74, 6) is -2.25. The van der Waals surface area contributed by atoms with Crippen molar-refractivity contribution in [3.63, 3.8) is 0 Å². The lowest BCUT2D eigenvalue weighted by molar-refractivity contribution is -0.144. The number of fused-ring (bicyclic) bond motifs is 3. The Labute approximate surface area is 257 Å². The number of benzene rings is 1. The molecular formula is C33H39N3O7S. The lowest BCUT2D eigenvalue weighted by Gasteiger charge is -2.33. The number of ether oxygens (including phenoxy) is 1. The first kappa shape index (κ1) is 30.3. The molecule has 1 aromatic carbocycles. The monoisotopic (exact) mass is 621 g/mol. The number of pyridine rings is 1. The molecule has 0 radical (unpaired) electrons. The molecule has 0 unspecified atom stereocenters. The van der Waals surface area contributed by atoms with Crippen molar-refractivity contribution in [3.05, 3.63) is 49.4 Å². The average Bonchev–Trinajstić information content (AvgIpc) is 3.85. The maximum Gasteiger partial charge on any atom is 0.243 e. The van der Waals surface area contributed by atoms with Crippen LogP contribution in [0.15, 0.2) is 53.8 Å². The number of nitrogens with one attached hydrogen (secondary N) is 1. The molecule has 2 amide bonds. The van der Waals surface area contributed by atoms with Crippen molar-refractivity contribution in [1.82, 2.24) is 15.2 Å². The van der Waals surface area contributed by atoms with Gasteiger partial charge in [-0.15, -0.1) is 6.58 Å². The van der Waals surface area contributed by atoms with Crippen molar-refractivity contribution < 1.29 is 32.0 Å². The molecule has 0 bridgehead atoms. The first-order chi connectivity index (χ1) is 20.7. The van der Waals surface area contributed by atoms with Gasteiger partial charge in [0, 0.05) is 40.6 Å². The lowest BCUT2D eigenvalue weighted by atomic mass is 9.81. The predicted octanol–water partition coefficient (Wildman–Crippen LogP) is 4.22. The molecule has 5 atom stereocenters. The third-order valence-electron chi connectivity index (χ3n) is 9.63. The third kappa shape index (κ3) is 5.39. The van der Waals surface area contributed by atoms with Crippen molar-refractivity contribution >= 4 is 49.2 Å². The summed E-state index contributed by atoms with van der Waals surface area (Å²) >= 11 is 0. The predicted molar refractivity (Wildman–Crippen MR) is 166 cm³/mol. The summed E-state index contributed by atoms with van der Waals surface area (Å²) in [6.45, 7) is 11.7. The second-order valence-electron chi connectivity index (χ2n) is 13.6. The van der Waals surface area contributed by atoms with Crippen LogP contribution in [0.3, 0.4) is 0 Å². The van der Waals surface area contributed by atoms with Gasteiger partial charge in [-0.3, -0.25) is 14.4 Å². The van der Waals surface area contributed by atoms with Gasteiger partial charge in [-0.1, -0.05) is 39.8 Å². The Morgan fingerprint density at radius 1 is 1.20 bits per heavy atom. The zero-order valence-corrected chi connectivity index (χ0v) is 26.4. The first-order valence-electron chi connectivity index (χ1n) is 15.2. The minimum Gasteiger partial charge on any atom is -0.472 e. The van der Waals surface area contributed by atoms with Crippen LogP contribution in [0.25, 0.3) is 21.7 Å². The summed E-state index contributed by atoms with van der Waals surface area (Å²) in [6, 6.07) is 6.65. The number of amides is 2. The lowest BCUT2D eigenvalue weighted by Crippen LogP contribution is -2.55. The summed E-state index contributed by atoms with van der Waals surface area (Å²) in [5, 5.41) is 4.94. The van der Waals surface area contributed by atoms with E-state index >= 15 is 0 Å². The van der Waals surface area contributed by atoms with Gasteiger partial charge in [0.15, 0.2) is 15.6 Å². The van der Waals surface area contributed by atoms with Crippen molar-refractivity contribution in [3.8, 4) is 5.88 Å². The molecule has 11 heteroatoms. The van der Waals surface area contributed by atoms with Gasteiger partial charge in [-0.05, 0) is 42.9 Å². The van der Waals surface area contributed by atoms with E-state index in [2.05, 4.69) is 16.9 Å². The topological polar surface area (TPSA) is 136 Å². The van der Waals surface area contributed by atoms with E-state index in [1.807, 2.05) is 52.0 Å². The molecule has 3 heterocycles. The molecule has 6 rings (SSSR count). The minimum absolute atomic E-state index is 0.153. The van der Waals surface area contributed by atoms with Gasteiger partial charge >= 0.3 is 0 Å². The minimum atomic E-state index is -3.57. The standard InChI is InChI=1S/C33H39N3O7S/c1-6-21-16-33(21,27(37)18-44(40,41)23-8-9-23)35-29(38)26-15-22(17-36(26)31(39)19(2)32(3,4)5)43-30-25-10-7-20-12-14-42-28(20)24(25)11-13-34-30/h6-7,10-14,19,21-23,26H,1,8-9,15-18H2,2-5H3,(H,35,38)/t19-,21-,22-,26+,33-/m1/s1. The van der Waals surface area contributed by atoms with Crippen molar-refractivity contribution in [2.75, 3.05) is 12.3 Å². The van der Waals surface area contributed by atoms with Gasteiger partial charge in [-0.25, -0.2) is 13.4 Å². The van der Waals surface area contributed by atoms with Gasteiger partial charge < -0.3 is 19.4 Å². The van der Waals surface area contributed by atoms with E-state index < -0.39 is 56.1 Å². The third-order valence-corrected chi connectivity index (χ3v) is 11.8. The van der Waals surface area contributed by atoms with Crippen molar-refractivity contribution in [1.29, 1.82) is 0 Å². The number of furan rings is 1. The van der Waals surface area contributed by atoms with Crippen LogP contribution in [0.4, 0.5) is 0 Å². The van der Waals surface area contributed by atoms with Gasteiger partial charge in [0.05, 0.1) is 18.1 Å². The van der Waals surface area contributed by atoms with Crippen molar-refractivity contribution in [2.45, 2.75) is 76.3 Å². The van der Waals surface area contributed by atoms with E-state index in [4.69, 9.17) is 9.15 Å². The number of hydrogen-bond donors (Lipinski definition) is 1. The van der Waals surface area contributed by atoms with E-state index in [0.717, 1.165) is 16.2 Å². The molecule has 3 fully saturated rings. The zero-order chi connectivity index (χ0) is 31.6. The molecule has 1 saturated heterocycles. The Balaban J connectivity index is 1.27. The maximum absolute atomic E-state index is 14.0. The summed E-state index contributed by atoms with van der Waals surface area (Å²) in [6.07, 6.45) is 5.87. The highest BCUT2D eigenvalue weighted by atomic mass is 32.2. The van der Waals surface area contributed by atoms with E-state index in [1.165, 1.54) is 4.90 Å². The normalized spacial score (nSPS) is 26.0. The second kappa shape index (κ2) is 10.7. The van der Waals surface area contributed by atoms with Crippen LogP contribution in [0.5, 0.6) is 5.88 Å². The van der Waals surface area contributed by atoms with Crippen LogP contribution >= 0.6 is 0 Å². The highest BCUT2D eigenvalue weighted by Gasteiger charge is 2.61. The Morgan fingerprint density at radius 3 is 2.61 bits per heavy atom. The Bertz CT molecular complexity index is 1770. The number of aromatic nitrogens is 1. The second-order valence-corrected chi connectivity index (χ2v) is 15.9. The Morgan fingerprint density at radius 2 is 1.95 bits per heavy atom. The first-order valence-corrected chi connectivity index (χ1v) is 16.9. The number of sulfone groups is 1. The molecule has 1 aliphatic heterocycles. The number of rotatable bonds is 10. The summed E-state index contributed by atoms with van der Waals surface area (Å²) in [7, 11) is -3.57. The van der Waals surface area contributed by atoms with E-state index in [0.29, 0.717) is 24.3 Å². The highest BCUT2D eigenvalue weighted by Crippen LogP contribution is 2.46. The number of carbonyl (C=O) groups is 3. The molecule has 2 aliphatic carbocycles. The van der Waals surface area contributed by atoms with Crippen LogP contribution in [-0.2, 0) is 24.2 Å². The molecule has 234 valence electrons. The number of ketones is 1. The molecule has 44 heavy (non-hydrogen) atoms. The number of hydrogen-bond acceptors (Lipinski definition) is 8. The number of likely N-dealkylation sites (tertiary alicyclic amines) is 1. The van der Waals surface area contributed by atoms with Gasteiger partial charge in [0.1, 0.15) is 29.0 Å². The molecule has 3 aromatic rings. The summed E-state index contributed by atoms with van der Waals surface area (Å²) in [4.78, 5) is 47.2. The Hall–Kier alpha value is -3.73. The number of carbonyl (C=O) groups excluding carboxylic acids is 3. The summed E-state index contributed by atoms with van der Waals surface area (Å²) in [5.41, 5.74) is -0.981. The Kier molecular flexibility index (Phi) is 7.38. The molecule has 3 aliphatic rings. The molecule has 10 nitrogen and oxygen atoms in total. The molecule has 1 N–H and O–H groups in total. The maximum atomic E-state index is 14.0. The SMILES string of the molecule is C=C[C@@H]1C[C@]1(NC(=O)[C@@H]1C[C@@H](Oc2nccc3c2ccc2ccoc23)CN1C(=O)[C@@H](C)C(C)(C)C)C(=O)CS(=O)(=O)C1CC1. The fourth-order valence-corrected chi connectivity index (χ4v) is 7.88. The van der Waals surface area contributed by atoms with Crippen LogP contribution in [0.2, 0.25) is 0 Å². The summed E-state index contributed by atoms with van der Waals surface area (Å²) < 4.78 is 37.4. The fourth-order valence-electron chi connectivity index (χ4n) is 6.17.